The van der Waals surface area contributed by atoms with Gasteiger partial charge in [-0.1, -0.05) is 0 Å². The van der Waals surface area contributed by atoms with E-state index in [1.165, 1.54) is 0 Å². The Bertz CT molecular complexity index is 384. The van der Waals surface area contributed by atoms with Gasteiger partial charge in [0.1, 0.15) is 9.84 Å². The molecule has 0 aromatic rings. The highest BCUT2D eigenvalue weighted by Crippen LogP contribution is 1.94. The third-order valence-electron chi connectivity index (χ3n) is 1.60. The van der Waals surface area contributed by atoms with Gasteiger partial charge in [-0.3, -0.25) is 9.35 Å². The van der Waals surface area contributed by atoms with Crippen LogP contribution in [0.2, 0.25) is 0 Å². The number of carbonyl (C=O) groups excluding carboxylic acids is 1. The van der Waals surface area contributed by atoms with Crippen molar-refractivity contribution in [2.45, 2.75) is 12.8 Å². The summed E-state index contributed by atoms with van der Waals surface area (Å²) >= 11 is 0. The van der Waals surface area contributed by atoms with E-state index < -0.39 is 31.6 Å². The van der Waals surface area contributed by atoms with Gasteiger partial charge in [-0.2, -0.15) is 8.42 Å². The number of rotatable bonds is 7. The molecule has 0 aromatic heterocycles. The zero-order valence-electron chi connectivity index (χ0n) is 8.84. The first-order chi connectivity index (χ1) is 7.10. The highest BCUT2D eigenvalue weighted by atomic mass is 32.2. The lowest BCUT2D eigenvalue weighted by Gasteiger charge is -2.03. The molecule has 9 heteroatoms. The molecular formula is C7H15NO6S2. The van der Waals surface area contributed by atoms with Crippen molar-refractivity contribution in [3.8, 4) is 0 Å². The third-order valence-corrected chi connectivity index (χ3v) is 3.35. The first-order valence-corrected chi connectivity index (χ1v) is 8.17. The van der Waals surface area contributed by atoms with E-state index in [4.69, 9.17) is 4.55 Å². The van der Waals surface area contributed by atoms with Gasteiger partial charge in [0.05, 0.1) is 11.5 Å². The standard InChI is InChI=1S/C7H15NO6S2/c1-15(10,11)5-2-3-7(9)8-4-6-16(12,13)14/h2-6H2,1H3,(H,8,9)(H,12,13,14). The van der Waals surface area contributed by atoms with Crippen LogP contribution in [0.3, 0.4) is 0 Å². The van der Waals surface area contributed by atoms with Crippen LogP contribution in [0.5, 0.6) is 0 Å². The number of hydrogen-bond acceptors (Lipinski definition) is 5. The topological polar surface area (TPSA) is 118 Å². The molecule has 0 aliphatic heterocycles. The Balaban J connectivity index is 3.69. The van der Waals surface area contributed by atoms with Crippen molar-refractivity contribution in [3.63, 3.8) is 0 Å². The van der Waals surface area contributed by atoms with Crippen LogP contribution in [0, 0.1) is 0 Å². The van der Waals surface area contributed by atoms with Gasteiger partial charge in [-0.05, 0) is 6.42 Å². The molecule has 0 aliphatic carbocycles. The Morgan fingerprint density at radius 1 is 1.19 bits per heavy atom. The van der Waals surface area contributed by atoms with Gasteiger partial charge in [0.15, 0.2) is 0 Å². The van der Waals surface area contributed by atoms with Crippen molar-refractivity contribution in [2.75, 3.05) is 24.3 Å². The second-order valence-electron chi connectivity index (χ2n) is 3.37. The van der Waals surface area contributed by atoms with Crippen molar-refractivity contribution in [1.82, 2.24) is 5.32 Å². The maximum absolute atomic E-state index is 11.0. The molecule has 0 atom stereocenters. The van der Waals surface area contributed by atoms with Gasteiger partial charge in [-0.15, -0.1) is 0 Å². The van der Waals surface area contributed by atoms with Gasteiger partial charge < -0.3 is 5.32 Å². The molecule has 0 spiro atoms. The Morgan fingerprint density at radius 3 is 2.19 bits per heavy atom. The number of carbonyl (C=O) groups is 1. The number of amides is 1. The fourth-order valence-electron chi connectivity index (χ4n) is 0.903. The third kappa shape index (κ3) is 11.4. The van der Waals surface area contributed by atoms with Crippen molar-refractivity contribution in [1.29, 1.82) is 0 Å². The maximum atomic E-state index is 11.0. The highest BCUT2D eigenvalue weighted by Gasteiger charge is 2.08. The van der Waals surface area contributed by atoms with Crippen LogP contribution in [0.25, 0.3) is 0 Å². The smallest absolute Gasteiger partial charge is 0.266 e. The van der Waals surface area contributed by atoms with Gasteiger partial charge in [-0.25, -0.2) is 8.42 Å². The van der Waals surface area contributed by atoms with Crippen LogP contribution in [0.15, 0.2) is 0 Å². The summed E-state index contributed by atoms with van der Waals surface area (Å²) in [4.78, 5) is 11.0. The summed E-state index contributed by atoms with van der Waals surface area (Å²) in [6.45, 7) is -0.184. The summed E-state index contributed by atoms with van der Waals surface area (Å²) in [7, 11) is -7.15. The average Bonchev–Trinajstić information content (AvgIpc) is 1.98. The van der Waals surface area contributed by atoms with Crippen LogP contribution in [0.1, 0.15) is 12.8 Å². The molecule has 96 valence electrons. The van der Waals surface area contributed by atoms with Crippen molar-refractivity contribution < 1.29 is 26.2 Å². The molecule has 0 heterocycles. The molecule has 2 N–H and O–H groups in total. The minimum Gasteiger partial charge on any atom is -0.355 e. The van der Waals surface area contributed by atoms with E-state index in [1.807, 2.05) is 0 Å². The number of nitrogens with one attached hydrogen (secondary N) is 1. The van der Waals surface area contributed by atoms with E-state index in [2.05, 4.69) is 5.32 Å². The number of sulfone groups is 1. The summed E-state index contributed by atoms with van der Waals surface area (Å²) < 4.78 is 50.3. The first kappa shape index (κ1) is 15.3. The molecule has 0 radical (unpaired) electrons. The van der Waals surface area contributed by atoms with Crippen molar-refractivity contribution >= 4 is 25.9 Å². The largest absolute Gasteiger partial charge is 0.355 e. The summed E-state index contributed by atoms with van der Waals surface area (Å²) in [5.74, 6) is -1.07. The lowest BCUT2D eigenvalue weighted by molar-refractivity contribution is -0.120. The fraction of sp³-hybridized carbons (Fsp3) is 0.857. The minimum absolute atomic E-state index is 0.0124. The predicted molar refractivity (Wildman–Crippen MR) is 58.4 cm³/mol. The van der Waals surface area contributed by atoms with E-state index in [-0.39, 0.29) is 25.1 Å². The van der Waals surface area contributed by atoms with E-state index in [0.29, 0.717) is 0 Å². The van der Waals surface area contributed by atoms with E-state index in [9.17, 15) is 21.6 Å². The Hall–Kier alpha value is -0.670. The lowest BCUT2D eigenvalue weighted by atomic mass is 10.3. The first-order valence-electron chi connectivity index (χ1n) is 4.50. The monoisotopic (exact) mass is 273 g/mol. The summed E-state index contributed by atoms with van der Waals surface area (Å²) in [6.07, 6.45) is 1.28. The Kier molecular flexibility index (Phi) is 5.90. The maximum Gasteiger partial charge on any atom is 0.266 e. The second kappa shape index (κ2) is 6.16. The highest BCUT2D eigenvalue weighted by molar-refractivity contribution is 7.90. The van der Waals surface area contributed by atoms with Crippen LogP contribution >= 0.6 is 0 Å². The predicted octanol–water partition coefficient (Wildman–Crippen LogP) is -1.18. The van der Waals surface area contributed by atoms with E-state index in [1.54, 1.807) is 0 Å². The molecule has 0 aliphatic rings. The molecule has 0 saturated carbocycles. The van der Waals surface area contributed by atoms with Crippen molar-refractivity contribution in [2.24, 2.45) is 0 Å². The van der Waals surface area contributed by atoms with Crippen molar-refractivity contribution in [3.05, 3.63) is 0 Å². The molecule has 0 aromatic carbocycles. The molecule has 1 amide bonds. The molecule has 16 heavy (non-hydrogen) atoms. The van der Waals surface area contributed by atoms with Gasteiger partial charge in [0, 0.05) is 19.2 Å². The molecule has 0 saturated heterocycles. The fourth-order valence-corrected chi connectivity index (χ4v) is 1.93. The normalized spacial score (nSPS) is 12.4. The van der Waals surface area contributed by atoms with Gasteiger partial charge >= 0.3 is 0 Å². The average molecular weight is 273 g/mol. The summed E-state index contributed by atoms with van der Waals surface area (Å²) in [5.41, 5.74) is 0. The van der Waals surface area contributed by atoms with Crippen LogP contribution in [-0.4, -0.2) is 51.6 Å². The molecule has 0 fully saturated rings. The lowest BCUT2D eigenvalue weighted by Crippen LogP contribution is -2.29. The van der Waals surface area contributed by atoms with Crippen LogP contribution in [0.4, 0.5) is 0 Å². The Labute approximate surface area is 94.9 Å². The zero-order chi connectivity index (χ0) is 12.8. The molecule has 0 rings (SSSR count). The van der Waals surface area contributed by atoms with Gasteiger partial charge in [0.25, 0.3) is 10.1 Å². The zero-order valence-corrected chi connectivity index (χ0v) is 10.5. The molecule has 0 unspecified atom stereocenters. The second-order valence-corrected chi connectivity index (χ2v) is 7.20. The number of hydrogen-bond donors (Lipinski definition) is 2. The molecular weight excluding hydrogens is 258 g/mol. The summed E-state index contributed by atoms with van der Waals surface area (Å²) in [5, 5.41) is 2.25. The van der Waals surface area contributed by atoms with E-state index in [0.717, 1.165) is 6.26 Å². The molecule has 7 nitrogen and oxygen atoms in total. The van der Waals surface area contributed by atoms with Crippen LogP contribution < -0.4 is 5.32 Å². The summed E-state index contributed by atoms with van der Waals surface area (Å²) in [6, 6.07) is 0. The van der Waals surface area contributed by atoms with Gasteiger partial charge in [0.2, 0.25) is 5.91 Å². The SMILES string of the molecule is CS(=O)(=O)CCCC(=O)NCCS(=O)(=O)O. The van der Waals surface area contributed by atoms with E-state index >= 15 is 0 Å². The minimum atomic E-state index is -4.07. The Morgan fingerprint density at radius 2 is 1.75 bits per heavy atom. The molecule has 0 bridgehead atoms. The quantitative estimate of drug-likeness (QED) is 0.563. The van der Waals surface area contributed by atoms with Crippen LogP contribution in [-0.2, 0) is 24.7 Å².